The van der Waals surface area contributed by atoms with E-state index in [1.165, 1.54) is 16.7 Å². The van der Waals surface area contributed by atoms with E-state index in [0.29, 0.717) is 19.1 Å². The topological polar surface area (TPSA) is 58.9 Å². The Morgan fingerprint density at radius 2 is 1.57 bits per heavy atom. The molecule has 0 aliphatic heterocycles. The number of benzene rings is 2. The van der Waals surface area contributed by atoms with Gasteiger partial charge in [0.2, 0.25) is 0 Å². The smallest absolute Gasteiger partial charge is 0.129 e. The summed E-state index contributed by atoms with van der Waals surface area (Å²) in [5.41, 5.74) is 5.02. The summed E-state index contributed by atoms with van der Waals surface area (Å²) in [5.74, 6) is 2.41. The number of aliphatic hydroxyl groups is 2. The second-order valence-electron chi connectivity index (χ2n) is 9.80. The van der Waals surface area contributed by atoms with Crippen LogP contribution in [0, 0.1) is 6.92 Å². The van der Waals surface area contributed by atoms with E-state index >= 15 is 0 Å². The van der Waals surface area contributed by atoms with Crippen molar-refractivity contribution in [1.82, 2.24) is 0 Å². The van der Waals surface area contributed by atoms with E-state index in [1.807, 2.05) is 19.9 Å². The summed E-state index contributed by atoms with van der Waals surface area (Å²) < 4.78 is 12.4. The predicted molar refractivity (Wildman–Crippen MR) is 144 cm³/mol. The maximum absolute atomic E-state index is 9.82. The monoisotopic (exact) mass is 480 g/mol. The van der Waals surface area contributed by atoms with Gasteiger partial charge in [-0.3, -0.25) is 0 Å². The molecule has 1 aliphatic rings. The molecule has 0 saturated heterocycles. The third kappa shape index (κ3) is 8.12. The number of hydrogen-bond acceptors (Lipinski definition) is 4. The summed E-state index contributed by atoms with van der Waals surface area (Å²) in [4.78, 5) is 0. The van der Waals surface area contributed by atoms with E-state index in [2.05, 4.69) is 49.4 Å². The Kier molecular flexibility index (Phi) is 11.2. The number of ether oxygens (including phenoxy) is 2. The van der Waals surface area contributed by atoms with Gasteiger partial charge >= 0.3 is 0 Å². The molecule has 4 heteroatoms. The molecule has 2 aromatic rings. The number of aliphatic hydroxyl groups excluding tert-OH is 2. The summed E-state index contributed by atoms with van der Waals surface area (Å²) in [5, 5.41) is 19.6. The molecule has 0 fully saturated rings. The molecular weight excluding hydrogens is 436 g/mol. The van der Waals surface area contributed by atoms with Crippen LogP contribution < -0.4 is 9.47 Å². The van der Waals surface area contributed by atoms with Crippen LogP contribution in [0.25, 0.3) is 5.57 Å². The fraction of sp³-hybridized carbons (Fsp3) is 0.548. The summed E-state index contributed by atoms with van der Waals surface area (Å²) >= 11 is 0. The molecule has 3 atom stereocenters. The van der Waals surface area contributed by atoms with Gasteiger partial charge in [0.05, 0.1) is 25.4 Å². The van der Waals surface area contributed by atoms with E-state index < -0.39 is 0 Å². The van der Waals surface area contributed by atoms with Crippen molar-refractivity contribution in [1.29, 1.82) is 0 Å². The standard InChI is InChI=1S/C31H44O4/c1-4-26(32)12-9-21-34-30-16-7-6-14-28(30)24-17-19-25(20-18-24)29-15-8-11-23(3)31(29)35-22-10-13-27(33)5-2/h6-8,11,14-16,19,24,26-27,32-33H,4-5,9-10,12-13,17-18,20-22H2,1-3H3. The van der Waals surface area contributed by atoms with Crippen LogP contribution in [0.15, 0.2) is 48.5 Å². The van der Waals surface area contributed by atoms with Gasteiger partial charge in [0.25, 0.3) is 0 Å². The minimum absolute atomic E-state index is 0.228. The fourth-order valence-corrected chi connectivity index (χ4v) is 4.81. The molecule has 4 nitrogen and oxygen atoms in total. The van der Waals surface area contributed by atoms with Gasteiger partial charge in [-0.15, -0.1) is 0 Å². The van der Waals surface area contributed by atoms with Gasteiger partial charge in [-0.25, -0.2) is 0 Å². The van der Waals surface area contributed by atoms with Gasteiger partial charge in [0.1, 0.15) is 11.5 Å². The first-order chi connectivity index (χ1) is 17.0. The van der Waals surface area contributed by atoms with Crippen molar-refractivity contribution >= 4 is 5.57 Å². The van der Waals surface area contributed by atoms with Crippen molar-refractivity contribution in [2.24, 2.45) is 0 Å². The highest BCUT2D eigenvalue weighted by atomic mass is 16.5. The largest absolute Gasteiger partial charge is 0.493 e. The molecule has 1 aliphatic carbocycles. The van der Waals surface area contributed by atoms with Gasteiger partial charge in [-0.2, -0.15) is 0 Å². The molecule has 0 amide bonds. The lowest BCUT2D eigenvalue weighted by atomic mass is 9.82. The highest BCUT2D eigenvalue weighted by Gasteiger charge is 2.22. The Bertz CT molecular complexity index is 935. The van der Waals surface area contributed by atoms with Crippen molar-refractivity contribution in [2.45, 2.75) is 96.7 Å². The molecular formula is C31H44O4. The quantitative estimate of drug-likeness (QED) is 0.281. The van der Waals surface area contributed by atoms with Crippen LogP contribution in [0.5, 0.6) is 11.5 Å². The van der Waals surface area contributed by atoms with E-state index in [9.17, 15) is 10.2 Å². The maximum Gasteiger partial charge on any atom is 0.129 e. The van der Waals surface area contributed by atoms with Crippen LogP contribution in [0.2, 0.25) is 0 Å². The minimum atomic E-state index is -0.234. The normalized spacial score (nSPS) is 17.5. The maximum atomic E-state index is 9.82. The SMILES string of the molecule is CCC(O)CCCOc1ccccc1C1CC=C(c2cccc(C)c2OCCCC(O)CC)CC1. The highest BCUT2D eigenvalue weighted by Crippen LogP contribution is 2.42. The third-order valence-corrected chi connectivity index (χ3v) is 7.14. The fourth-order valence-electron chi connectivity index (χ4n) is 4.81. The molecule has 0 bridgehead atoms. The van der Waals surface area contributed by atoms with Crippen molar-refractivity contribution in [3.8, 4) is 11.5 Å². The van der Waals surface area contributed by atoms with Crippen LogP contribution in [-0.4, -0.2) is 35.6 Å². The molecule has 0 radical (unpaired) electrons. The third-order valence-electron chi connectivity index (χ3n) is 7.14. The molecule has 2 N–H and O–H groups in total. The average molecular weight is 481 g/mol. The Labute approximate surface area is 212 Å². The minimum Gasteiger partial charge on any atom is -0.493 e. The number of allylic oxidation sites excluding steroid dienone is 2. The van der Waals surface area contributed by atoms with E-state index in [-0.39, 0.29) is 12.2 Å². The van der Waals surface area contributed by atoms with Crippen molar-refractivity contribution in [3.05, 3.63) is 65.2 Å². The second-order valence-corrected chi connectivity index (χ2v) is 9.80. The zero-order valence-corrected chi connectivity index (χ0v) is 21.8. The summed E-state index contributed by atoms with van der Waals surface area (Å²) in [6.45, 7) is 7.40. The van der Waals surface area contributed by atoms with E-state index in [0.717, 1.165) is 74.8 Å². The summed E-state index contributed by atoms with van der Waals surface area (Å²) in [6, 6.07) is 14.8. The first-order valence-electron chi connectivity index (χ1n) is 13.5. The summed E-state index contributed by atoms with van der Waals surface area (Å²) in [7, 11) is 0. The Morgan fingerprint density at radius 1 is 0.886 bits per heavy atom. The molecule has 3 unspecified atom stereocenters. The van der Waals surface area contributed by atoms with Crippen LogP contribution >= 0.6 is 0 Å². The van der Waals surface area contributed by atoms with Crippen molar-refractivity contribution < 1.29 is 19.7 Å². The second kappa shape index (κ2) is 14.3. The lowest BCUT2D eigenvalue weighted by Gasteiger charge is -2.26. The van der Waals surface area contributed by atoms with Gasteiger partial charge in [0.15, 0.2) is 0 Å². The molecule has 0 spiro atoms. The molecule has 0 saturated carbocycles. The van der Waals surface area contributed by atoms with Crippen LogP contribution in [-0.2, 0) is 0 Å². The first kappa shape index (κ1) is 27.3. The molecule has 0 aromatic heterocycles. The van der Waals surface area contributed by atoms with Crippen molar-refractivity contribution in [3.63, 3.8) is 0 Å². The molecule has 3 rings (SSSR count). The van der Waals surface area contributed by atoms with E-state index in [1.54, 1.807) is 0 Å². The van der Waals surface area contributed by atoms with Crippen LogP contribution in [0.4, 0.5) is 0 Å². The highest BCUT2D eigenvalue weighted by molar-refractivity contribution is 5.72. The van der Waals surface area contributed by atoms with Gasteiger partial charge in [0, 0.05) is 5.56 Å². The zero-order valence-electron chi connectivity index (χ0n) is 21.8. The van der Waals surface area contributed by atoms with Gasteiger partial charge in [-0.05, 0) is 93.4 Å². The van der Waals surface area contributed by atoms with Gasteiger partial charge in [-0.1, -0.05) is 56.3 Å². The van der Waals surface area contributed by atoms with Crippen LogP contribution in [0.3, 0.4) is 0 Å². The first-order valence-corrected chi connectivity index (χ1v) is 13.5. The number of para-hydroxylation sites is 2. The molecule has 2 aromatic carbocycles. The predicted octanol–water partition coefficient (Wildman–Crippen LogP) is 7.21. The molecule has 192 valence electrons. The number of hydrogen-bond donors (Lipinski definition) is 2. The zero-order chi connectivity index (χ0) is 25.0. The molecule has 0 heterocycles. The average Bonchev–Trinajstić information content (AvgIpc) is 2.89. The van der Waals surface area contributed by atoms with Crippen LogP contribution in [0.1, 0.15) is 94.2 Å². The Morgan fingerprint density at radius 3 is 2.23 bits per heavy atom. The Hall–Kier alpha value is -2.30. The van der Waals surface area contributed by atoms with Crippen molar-refractivity contribution in [2.75, 3.05) is 13.2 Å². The van der Waals surface area contributed by atoms with Gasteiger partial charge < -0.3 is 19.7 Å². The van der Waals surface area contributed by atoms with E-state index in [4.69, 9.17) is 9.47 Å². The lowest BCUT2D eigenvalue weighted by Crippen LogP contribution is -2.10. The number of rotatable bonds is 14. The number of aryl methyl sites for hydroxylation is 1. The molecule has 35 heavy (non-hydrogen) atoms. The Balaban J connectivity index is 1.63. The lowest BCUT2D eigenvalue weighted by molar-refractivity contribution is 0.148. The summed E-state index contributed by atoms with van der Waals surface area (Å²) in [6.07, 6.45) is 9.87.